The molecular weight excluding hydrogens is 349 g/mol. The van der Waals surface area contributed by atoms with Crippen LogP contribution in [-0.4, -0.2) is 23.2 Å². The van der Waals surface area contributed by atoms with Gasteiger partial charge in [-0.3, -0.25) is 4.79 Å². The van der Waals surface area contributed by atoms with Crippen molar-refractivity contribution in [3.63, 3.8) is 0 Å². The molecule has 0 saturated heterocycles. The first-order valence-electron chi connectivity index (χ1n) is 8.54. The summed E-state index contributed by atoms with van der Waals surface area (Å²) in [4.78, 5) is 16.3. The Labute approximate surface area is 156 Å². The second-order valence-corrected chi connectivity index (χ2v) is 6.10. The maximum atomic E-state index is 13.3. The van der Waals surface area contributed by atoms with Gasteiger partial charge < -0.3 is 14.6 Å². The van der Waals surface area contributed by atoms with Crippen LogP contribution in [0.3, 0.4) is 0 Å². The number of aryl methyl sites for hydroxylation is 2. The molecule has 1 aromatic heterocycles. The Balaban J connectivity index is 1.50. The number of rotatable bonds is 7. The molecule has 0 atom stereocenters. The van der Waals surface area contributed by atoms with E-state index in [0.29, 0.717) is 30.2 Å². The predicted molar refractivity (Wildman–Crippen MR) is 97.6 cm³/mol. The summed E-state index contributed by atoms with van der Waals surface area (Å²) in [7, 11) is 1.60. The lowest BCUT2D eigenvalue weighted by Gasteiger charge is -2.06. The minimum atomic E-state index is -0.255. The summed E-state index contributed by atoms with van der Waals surface area (Å²) >= 11 is 0. The number of carbonyl (C=O) groups is 1. The highest BCUT2D eigenvalue weighted by Crippen LogP contribution is 2.20. The van der Waals surface area contributed by atoms with E-state index < -0.39 is 0 Å². The van der Waals surface area contributed by atoms with Crippen LogP contribution in [0.1, 0.15) is 23.4 Å². The van der Waals surface area contributed by atoms with E-state index in [1.54, 1.807) is 26.2 Å². The molecule has 0 aliphatic heterocycles. The van der Waals surface area contributed by atoms with Crippen LogP contribution < -0.4 is 10.1 Å². The number of amides is 1. The van der Waals surface area contributed by atoms with Gasteiger partial charge in [0.25, 0.3) is 0 Å². The third kappa shape index (κ3) is 4.91. The fourth-order valence-corrected chi connectivity index (χ4v) is 2.54. The number of nitrogens with zero attached hydrogens (tertiary/aromatic N) is 2. The Bertz CT molecular complexity index is 922. The molecule has 0 bridgehead atoms. The van der Waals surface area contributed by atoms with Gasteiger partial charge >= 0.3 is 0 Å². The molecule has 0 fully saturated rings. The average molecular weight is 369 g/mol. The quantitative estimate of drug-likeness (QED) is 0.690. The van der Waals surface area contributed by atoms with Gasteiger partial charge in [-0.05, 0) is 48.4 Å². The van der Waals surface area contributed by atoms with Gasteiger partial charge in [-0.2, -0.15) is 4.98 Å². The molecule has 140 valence electrons. The number of aromatic nitrogens is 2. The summed E-state index contributed by atoms with van der Waals surface area (Å²) in [5.74, 6) is 1.22. The summed E-state index contributed by atoms with van der Waals surface area (Å²) in [6.45, 7) is 2.04. The molecule has 0 saturated carbocycles. The lowest BCUT2D eigenvalue weighted by atomic mass is 10.1. The first-order valence-corrected chi connectivity index (χ1v) is 8.54. The normalized spacial score (nSPS) is 10.6. The van der Waals surface area contributed by atoms with Crippen molar-refractivity contribution in [2.45, 2.75) is 26.3 Å². The number of carbonyl (C=O) groups excluding carboxylic acids is 1. The van der Waals surface area contributed by atoms with Crippen LogP contribution in [0.15, 0.2) is 47.0 Å². The van der Waals surface area contributed by atoms with Crippen LogP contribution in [-0.2, 0) is 17.8 Å². The number of hydrogen-bond donors (Lipinski definition) is 1. The van der Waals surface area contributed by atoms with E-state index >= 15 is 0 Å². The average Bonchev–Trinajstić information content (AvgIpc) is 3.16. The van der Waals surface area contributed by atoms with Crippen molar-refractivity contribution in [2.75, 3.05) is 7.11 Å². The van der Waals surface area contributed by atoms with Crippen LogP contribution >= 0.6 is 0 Å². The highest BCUT2D eigenvalue weighted by atomic mass is 19.1. The van der Waals surface area contributed by atoms with Crippen molar-refractivity contribution in [1.29, 1.82) is 0 Å². The molecule has 3 rings (SSSR count). The highest BCUT2D eigenvalue weighted by Gasteiger charge is 2.11. The van der Waals surface area contributed by atoms with Gasteiger partial charge in [0.15, 0.2) is 0 Å². The van der Waals surface area contributed by atoms with E-state index in [4.69, 9.17) is 9.26 Å². The first kappa shape index (κ1) is 18.6. The standard InChI is InChI=1S/C20H20FN3O3/c1-13-11-14(3-8-17(13)21)12-22-18(25)9-10-19-23-20(24-27-19)15-4-6-16(26-2)7-5-15/h3-8,11H,9-10,12H2,1-2H3,(H,22,25). The molecule has 3 aromatic rings. The van der Waals surface area contributed by atoms with Crippen molar-refractivity contribution in [1.82, 2.24) is 15.5 Å². The van der Waals surface area contributed by atoms with E-state index in [9.17, 15) is 9.18 Å². The number of hydrogen-bond acceptors (Lipinski definition) is 5. The van der Waals surface area contributed by atoms with Crippen molar-refractivity contribution in [2.24, 2.45) is 0 Å². The zero-order chi connectivity index (χ0) is 19.2. The molecule has 6 nitrogen and oxygen atoms in total. The Morgan fingerprint density at radius 2 is 2.00 bits per heavy atom. The highest BCUT2D eigenvalue weighted by molar-refractivity contribution is 5.76. The molecule has 1 amide bonds. The number of halogens is 1. The van der Waals surface area contributed by atoms with Gasteiger partial charge in [-0.15, -0.1) is 0 Å². The number of nitrogens with one attached hydrogen (secondary N) is 1. The van der Waals surface area contributed by atoms with Crippen LogP contribution in [0.2, 0.25) is 0 Å². The molecule has 7 heteroatoms. The number of ether oxygens (including phenoxy) is 1. The van der Waals surface area contributed by atoms with E-state index in [1.165, 1.54) is 6.07 Å². The molecular formula is C20H20FN3O3. The lowest BCUT2D eigenvalue weighted by Crippen LogP contribution is -2.23. The second-order valence-electron chi connectivity index (χ2n) is 6.10. The molecule has 0 aliphatic carbocycles. The van der Waals surface area contributed by atoms with Crippen molar-refractivity contribution in [3.8, 4) is 17.1 Å². The monoisotopic (exact) mass is 369 g/mol. The van der Waals surface area contributed by atoms with Gasteiger partial charge in [-0.1, -0.05) is 17.3 Å². The maximum absolute atomic E-state index is 13.3. The summed E-state index contributed by atoms with van der Waals surface area (Å²) < 4.78 is 23.6. The largest absolute Gasteiger partial charge is 0.497 e. The topological polar surface area (TPSA) is 77.2 Å². The van der Waals surface area contributed by atoms with Gasteiger partial charge in [0, 0.05) is 24.9 Å². The number of methoxy groups -OCH3 is 1. The van der Waals surface area contributed by atoms with Crippen LogP contribution in [0.4, 0.5) is 4.39 Å². The van der Waals surface area contributed by atoms with Crippen molar-refractivity contribution < 1.29 is 18.4 Å². The SMILES string of the molecule is COc1ccc(-c2noc(CCC(=O)NCc3ccc(F)c(C)c3)n2)cc1. The van der Waals surface area contributed by atoms with Crippen LogP contribution in [0.5, 0.6) is 5.75 Å². The molecule has 27 heavy (non-hydrogen) atoms. The zero-order valence-electron chi connectivity index (χ0n) is 15.2. The summed E-state index contributed by atoms with van der Waals surface area (Å²) in [6, 6.07) is 12.1. The molecule has 0 aliphatic rings. The van der Waals surface area contributed by atoms with Crippen LogP contribution in [0.25, 0.3) is 11.4 Å². The van der Waals surface area contributed by atoms with Gasteiger partial charge in [0.2, 0.25) is 17.6 Å². The summed E-state index contributed by atoms with van der Waals surface area (Å²) in [5, 5.41) is 6.74. The van der Waals surface area contributed by atoms with Gasteiger partial charge in [0.05, 0.1) is 7.11 Å². The Hall–Kier alpha value is -3.22. The van der Waals surface area contributed by atoms with Crippen molar-refractivity contribution in [3.05, 3.63) is 65.3 Å². The van der Waals surface area contributed by atoms with E-state index in [-0.39, 0.29) is 18.1 Å². The predicted octanol–water partition coefficient (Wildman–Crippen LogP) is 3.44. The Kier molecular flexibility index (Phi) is 5.80. The molecule has 1 N–H and O–H groups in total. The van der Waals surface area contributed by atoms with E-state index in [0.717, 1.165) is 16.9 Å². The first-order chi connectivity index (χ1) is 13.0. The molecule has 1 heterocycles. The van der Waals surface area contributed by atoms with E-state index in [2.05, 4.69) is 15.5 Å². The third-order valence-corrected chi connectivity index (χ3v) is 4.09. The molecule has 0 unspecified atom stereocenters. The molecule has 0 spiro atoms. The van der Waals surface area contributed by atoms with Crippen molar-refractivity contribution >= 4 is 5.91 Å². The maximum Gasteiger partial charge on any atom is 0.227 e. The number of benzene rings is 2. The Morgan fingerprint density at radius 1 is 1.22 bits per heavy atom. The third-order valence-electron chi connectivity index (χ3n) is 4.09. The fraction of sp³-hybridized carbons (Fsp3) is 0.250. The fourth-order valence-electron chi connectivity index (χ4n) is 2.54. The summed E-state index contributed by atoms with van der Waals surface area (Å²) in [5.41, 5.74) is 2.21. The second kappa shape index (κ2) is 8.44. The Morgan fingerprint density at radius 3 is 2.70 bits per heavy atom. The minimum absolute atomic E-state index is 0.138. The molecule has 0 radical (unpaired) electrons. The minimum Gasteiger partial charge on any atom is -0.497 e. The van der Waals surface area contributed by atoms with Crippen LogP contribution in [0, 0.1) is 12.7 Å². The van der Waals surface area contributed by atoms with Gasteiger partial charge in [0.1, 0.15) is 11.6 Å². The van der Waals surface area contributed by atoms with E-state index in [1.807, 2.05) is 24.3 Å². The lowest BCUT2D eigenvalue weighted by molar-refractivity contribution is -0.121. The zero-order valence-corrected chi connectivity index (χ0v) is 15.2. The smallest absolute Gasteiger partial charge is 0.227 e. The molecule has 2 aromatic carbocycles. The summed E-state index contributed by atoms with van der Waals surface area (Å²) in [6.07, 6.45) is 0.571. The van der Waals surface area contributed by atoms with Gasteiger partial charge in [-0.25, -0.2) is 4.39 Å².